The molecule has 2 rings (SSSR count). The highest BCUT2D eigenvalue weighted by atomic mass is 16.5. The molecule has 0 bridgehead atoms. The van der Waals surface area contributed by atoms with E-state index in [2.05, 4.69) is 22.2 Å². The molecule has 1 aromatic heterocycles. The lowest BCUT2D eigenvalue weighted by Gasteiger charge is -2.33. The summed E-state index contributed by atoms with van der Waals surface area (Å²) in [5.74, 6) is 0. The monoisotopic (exact) mass is 282 g/mol. The van der Waals surface area contributed by atoms with Gasteiger partial charge in [0.15, 0.2) is 0 Å². The minimum Gasteiger partial charge on any atom is -0.388 e. The Balaban J connectivity index is 1.71. The third-order valence-corrected chi connectivity index (χ3v) is 3.51. The van der Waals surface area contributed by atoms with Gasteiger partial charge in [-0.15, -0.1) is 0 Å². The van der Waals surface area contributed by atoms with E-state index in [1.165, 1.54) is 0 Å². The summed E-state index contributed by atoms with van der Waals surface area (Å²) in [5, 5.41) is 18.0. The van der Waals surface area contributed by atoms with Crippen LogP contribution in [0.2, 0.25) is 0 Å². The van der Waals surface area contributed by atoms with Crippen LogP contribution in [-0.2, 0) is 17.8 Å². The molecule has 20 heavy (non-hydrogen) atoms. The number of aliphatic hydroxyl groups is 1. The van der Waals surface area contributed by atoms with Crippen LogP contribution in [0.25, 0.3) is 0 Å². The lowest BCUT2D eigenvalue weighted by Crippen LogP contribution is -2.50. The summed E-state index contributed by atoms with van der Waals surface area (Å²) in [5.41, 5.74) is 0.423. The van der Waals surface area contributed by atoms with Crippen molar-refractivity contribution in [2.75, 3.05) is 39.4 Å². The summed E-state index contributed by atoms with van der Waals surface area (Å²) in [6, 6.07) is 0. The molecule has 2 N–H and O–H groups in total. The van der Waals surface area contributed by atoms with Crippen molar-refractivity contribution in [2.45, 2.75) is 32.5 Å². The van der Waals surface area contributed by atoms with Gasteiger partial charge in [-0.2, -0.15) is 5.10 Å². The summed E-state index contributed by atoms with van der Waals surface area (Å²) in [6.45, 7) is 10.1. The number of ether oxygens (including phenoxy) is 1. The minimum atomic E-state index is -0.724. The minimum absolute atomic E-state index is 0.571. The normalized spacial score (nSPS) is 19.9. The van der Waals surface area contributed by atoms with Gasteiger partial charge in [0.05, 0.1) is 25.0 Å². The summed E-state index contributed by atoms with van der Waals surface area (Å²) in [4.78, 5) is 2.25. The molecule has 1 saturated heterocycles. The van der Waals surface area contributed by atoms with E-state index in [1.54, 1.807) is 0 Å². The number of hydrogen-bond donors (Lipinski definition) is 2. The fourth-order valence-corrected chi connectivity index (χ4v) is 2.44. The molecule has 1 unspecified atom stereocenters. The third kappa shape index (κ3) is 4.86. The van der Waals surface area contributed by atoms with Gasteiger partial charge in [0.25, 0.3) is 0 Å². The molecule has 114 valence electrons. The molecule has 0 amide bonds. The summed E-state index contributed by atoms with van der Waals surface area (Å²) < 4.78 is 7.22. The Bertz CT molecular complexity index is 400. The van der Waals surface area contributed by atoms with E-state index in [0.29, 0.717) is 13.1 Å². The quantitative estimate of drug-likeness (QED) is 0.741. The predicted octanol–water partition coefficient (Wildman–Crippen LogP) is 0.0758. The third-order valence-electron chi connectivity index (χ3n) is 3.51. The first-order valence-electron chi connectivity index (χ1n) is 7.33. The van der Waals surface area contributed by atoms with E-state index in [0.717, 1.165) is 45.0 Å². The maximum Gasteiger partial charge on any atom is 0.0869 e. The molecule has 0 aliphatic carbocycles. The standard InChI is InChI=1S/C14H26N4O2/c1-3-18-10-13(9-16-18)8-15-11-14(2,19)12-17-4-6-20-7-5-17/h9-10,15,19H,3-8,11-12H2,1-2H3. The smallest absolute Gasteiger partial charge is 0.0869 e. The summed E-state index contributed by atoms with van der Waals surface area (Å²) in [7, 11) is 0. The molecule has 1 aliphatic rings. The first-order chi connectivity index (χ1) is 9.59. The largest absolute Gasteiger partial charge is 0.388 e. The zero-order valence-corrected chi connectivity index (χ0v) is 12.5. The predicted molar refractivity (Wildman–Crippen MR) is 77.5 cm³/mol. The van der Waals surface area contributed by atoms with E-state index in [4.69, 9.17) is 4.74 Å². The molecule has 2 heterocycles. The summed E-state index contributed by atoms with van der Waals surface area (Å²) in [6.07, 6.45) is 3.90. The fraction of sp³-hybridized carbons (Fsp3) is 0.786. The Labute approximate surface area is 120 Å². The van der Waals surface area contributed by atoms with Gasteiger partial charge >= 0.3 is 0 Å². The number of rotatable bonds is 7. The molecule has 6 nitrogen and oxygen atoms in total. The van der Waals surface area contributed by atoms with Crippen molar-refractivity contribution in [2.24, 2.45) is 0 Å². The van der Waals surface area contributed by atoms with Crippen molar-refractivity contribution in [1.82, 2.24) is 20.0 Å². The Kier molecular flexibility index (Phi) is 5.54. The number of hydrogen-bond acceptors (Lipinski definition) is 5. The first-order valence-corrected chi connectivity index (χ1v) is 7.33. The lowest BCUT2D eigenvalue weighted by atomic mass is 10.1. The van der Waals surface area contributed by atoms with Crippen molar-refractivity contribution in [3.05, 3.63) is 18.0 Å². The maximum atomic E-state index is 10.4. The van der Waals surface area contributed by atoms with Crippen molar-refractivity contribution in [3.63, 3.8) is 0 Å². The van der Waals surface area contributed by atoms with Crippen molar-refractivity contribution in [1.29, 1.82) is 0 Å². The van der Waals surface area contributed by atoms with Crippen LogP contribution in [0.3, 0.4) is 0 Å². The molecule has 1 aliphatic heterocycles. The van der Waals surface area contributed by atoms with Gasteiger partial charge in [0, 0.05) is 51.0 Å². The Morgan fingerprint density at radius 3 is 2.85 bits per heavy atom. The van der Waals surface area contributed by atoms with Crippen molar-refractivity contribution in [3.8, 4) is 0 Å². The molecular weight excluding hydrogens is 256 g/mol. The number of morpholine rings is 1. The zero-order valence-electron chi connectivity index (χ0n) is 12.5. The summed E-state index contributed by atoms with van der Waals surface area (Å²) >= 11 is 0. The van der Waals surface area contributed by atoms with Gasteiger partial charge < -0.3 is 15.2 Å². The van der Waals surface area contributed by atoms with Gasteiger partial charge in [-0.05, 0) is 13.8 Å². The number of β-amino-alcohol motifs (C(OH)–C–C–N with tert-alkyl or cyclic N) is 1. The van der Waals surface area contributed by atoms with E-state index in [-0.39, 0.29) is 0 Å². The highest BCUT2D eigenvalue weighted by molar-refractivity contribution is 5.03. The molecule has 1 atom stereocenters. The second kappa shape index (κ2) is 7.17. The van der Waals surface area contributed by atoms with Crippen LogP contribution in [0.5, 0.6) is 0 Å². The second-order valence-electron chi connectivity index (χ2n) is 5.69. The van der Waals surface area contributed by atoms with Crippen molar-refractivity contribution < 1.29 is 9.84 Å². The number of nitrogens with zero attached hydrogens (tertiary/aromatic N) is 3. The first kappa shape index (κ1) is 15.4. The van der Waals surface area contributed by atoms with Gasteiger partial charge in [-0.3, -0.25) is 9.58 Å². The lowest BCUT2D eigenvalue weighted by molar-refractivity contribution is -0.0219. The molecule has 1 fully saturated rings. The SMILES string of the molecule is CCn1cc(CNCC(C)(O)CN2CCOCC2)cn1. The van der Waals surface area contributed by atoms with E-state index >= 15 is 0 Å². The van der Waals surface area contributed by atoms with Gasteiger partial charge in [0.2, 0.25) is 0 Å². The van der Waals surface area contributed by atoms with Crippen LogP contribution >= 0.6 is 0 Å². The average molecular weight is 282 g/mol. The van der Waals surface area contributed by atoms with Crippen LogP contribution in [0, 0.1) is 0 Å². The zero-order chi connectivity index (χ0) is 14.4. The topological polar surface area (TPSA) is 62.5 Å². The van der Waals surface area contributed by atoms with Crippen LogP contribution in [0.15, 0.2) is 12.4 Å². The van der Waals surface area contributed by atoms with E-state index in [9.17, 15) is 5.11 Å². The Morgan fingerprint density at radius 2 is 2.20 bits per heavy atom. The van der Waals surface area contributed by atoms with Crippen LogP contribution in [0.4, 0.5) is 0 Å². The molecule has 6 heteroatoms. The second-order valence-corrected chi connectivity index (χ2v) is 5.69. The molecule has 0 radical (unpaired) electrons. The Hall–Kier alpha value is -0.950. The number of aryl methyl sites for hydroxylation is 1. The van der Waals surface area contributed by atoms with Gasteiger partial charge in [-0.1, -0.05) is 0 Å². The fourth-order valence-electron chi connectivity index (χ4n) is 2.44. The molecule has 0 aromatic carbocycles. The highest BCUT2D eigenvalue weighted by Crippen LogP contribution is 2.08. The van der Waals surface area contributed by atoms with Crippen LogP contribution in [0.1, 0.15) is 19.4 Å². The molecule has 0 saturated carbocycles. The number of aromatic nitrogens is 2. The average Bonchev–Trinajstić information content (AvgIpc) is 2.87. The van der Waals surface area contributed by atoms with Gasteiger partial charge in [-0.25, -0.2) is 0 Å². The van der Waals surface area contributed by atoms with Gasteiger partial charge in [0.1, 0.15) is 0 Å². The van der Waals surface area contributed by atoms with Crippen LogP contribution < -0.4 is 5.32 Å². The van der Waals surface area contributed by atoms with Crippen molar-refractivity contribution >= 4 is 0 Å². The highest BCUT2D eigenvalue weighted by Gasteiger charge is 2.24. The Morgan fingerprint density at radius 1 is 1.45 bits per heavy atom. The molecule has 0 spiro atoms. The van der Waals surface area contributed by atoms with E-state index < -0.39 is 5.60 Å². The number of nitrogens with one attached hydrogen (secondary N) is 1. The molecule has 1 aromatic rings. The van der Waals surface area contributed by atoms with E-state index in [1.807, 2.05) is 24.0 Å². The maximum absolute atomic E-state index is 10.4. The van der Waals surface area contributed by atoms with Crippen LogP contribution in [-0.4, -0.2) is 64.8 Å². The molecular formula is C14H26N4O2.